The Kier molecular flexibility index (Phi) is 5.01. The second-order valence-corrected chi connectivity index (χ2v) is 6.23. The fourth-order valence-electron chi connectivity index (χ4n) is 2.03. The fraction of sp³-hybridized carbons (Fsp3) is 0.400. The summed E-state index contributed by atoms with van der Waals surface area (Å²) in [6.45, 7) is 4.06. The van der Waals surface area contributed by atoms with Crippen LogP contribution in [0.25, 0.3) is 0 Å². The predicted octanol–water partition coefficient (Wildman–Crippen LogP) is 1.27. The second-order valence-electron chi connectivity index (χ2n) is 5.07. The molecule has 3 amide bonds. The third kappa shape index (κ3) is 4.32. The Balaban J connectivity index is 1.82. The fourth-order valence-corrected chi connectivity index (χ4v) is 2.97. The van der Waals surface area contributed by atoms with Crippen molar-refractivity contribution in [1.29, 1.82) is 0 Å². The Bertz CT molecular complexity index is 570. The zero-order chi connectivity index (χ0) is 15.4. The van der Waals surface area contributed by atoms with Crippen molar-refractivity contribution in [2.45, 2.75) is 25.2 Å². The molecule has 0 unspecified atom stereocenters. The van der Waals surface area contributed by atoms with Crippen LogP contribution in [0.4, 0.5) is 0 Å². The minimum Gasteiger partial charge on any atom is -0.324 e. The summed E-state index contributed by atoms with van der Waals surface area (Å²) < 4.78 is 0. The summed E-state index contributed by atoms with van der Waals surface area (Å²) in [5.74, 6) is -0.356. The number of benzene rings is 1. The summed E-state index contributed by atoms with van der Waals surface area (Å²) in [6.07, 6.45) is 0.318. The number of carbonyl (C=O) groups is 3. The highest BCUT2D eigenvalue weighted by Crippen LogP contribution is 2.22. The van der Waals surface area contributed by atoms with Gasteiger partial charge in [0.2, 0.25) is 17.7 Å². The lowest BCUT2D eigenvalue weighted by Gasteiger charge is -2.25. The highest BCUT2D eigenvalue weighted by Gasteiger charge is 2.25. The van der Waals surface area contributed by atoms with E-state index >= 15 is 0 Å². The Morgan fingerprint density at radius 1 is 1.19 bits per heavy atom. The van der Waals surface area contributed by atoms with Gasteiger partial charge >= 0.3 is 0 Å². The molecule has 0 bridgehead atoms. The molecule has 1 fully saturated rings. The number of carbonyl (C=O) groups excluding carboxylic acids is 3. The lowest BCUT2D eigenvalue weighted by atomic mass is 10.1. The maximum absolute atomic E-state index is 12.0. The zero-order valence-electron chi connectivity index (χ0n) is 12.1. The highest BCUT2D eigenvalue weighted by molar-refractivity contribution is 7.99. The Morgan fingerprint density at radius 3 is 2.48 bits per heavy atom. The van der Waals surface area contributed by atoms with Crippen molar-refractivity contribution >= 4 is 29.5 Å². The summed E-state index contributed by atoms with van der Waals surface area (Å²) in [5, 5.41) is 2.18. The molecule has 1 aliphatic heterocycles. The molecule has 0 radical (unpaired) electrons. The molecule has 0 aliphatic carbocycles. The van der Waals surface area contributed by atoms with Crippen LogP contribution >= 0.6 is 11.8 Å². The van der Waals surface area contributed by atoms with E-state index in [0.29, 0.717) is 12.2 Å². The first-order valence-corrected chi connectivity index (χ1v) is 7.75. The Labute approximate surface area is 128 Å². The van der Waals surface area contributed by atoms with E-state index in [1.807, 2.05) is 6.07 Å². The van der Waals surface area contributed by atoms with E-state index in [1.54, 1.807) is 11.8 Å². The number of imide groups is 1. The lowest BCUT2D eigenvalue weighted by Crippen LogP contribution is -2.53. The van der Waals surface area contributed by atoms with E-state index in [2.05, 4.69) is 31.3 Å². The number of aryl methyl sites for hydroxylation is 2. The second kappa shape index (κ2) is 6.76. The molecule has 1 N–H and O–H groups in total. The third-order valence-corrected chi connectivity index (χ3v) is 4.36. The van der Waals surface area contributed by atoms with Crippen LogP contribution in [0.5, 0.6) is 0 Å². The van der Waals surface area contributed by atoms with E-state index in [-0.39, 0.29) is 19.0 Å². The monoisotopic (exact) mass is 306 g/mol. The van der Waals surface area contributed by atoms with Gasteiger partial charge in [0.05, 0.1) is 0 Å². The van der Waals surface area contributed by atoms with Gasteiger partial charge < -0.3 is 4.90 Å². The number of nitrogens with zero attached hydrogens (tertiary/aromatic N) is 1. The van der Waals surface area contributed by atoms with Crippen LogP contribution in [-0.4, -0.2) is 41.5 Å². The van der Waals surface area contributed by atoms with Crippen LogP contribution in [0.2, 0.25) is 0 Å². The standard InChI is InChI=1S/C15H18N2O3S/c1-10-3-4-12(7-11(10)2)21-6-5-15(20)17-8-13(18)16-14(19)9-17/h3-4,7H,5-6,8-9H2,1-2H3,(H,16,18,19). The van der Waals surface area contributed by atoms with Crippen molar-refractivity contribution in [1.82, 2.24) is 10.2 Å². The first-order valence-electron chi connectivity index (χ1n) is 6.76. The minimum atomic E-state index is -0.415. The van der Waals surface area contributed by atoms with Gasteiger partial charge in [-0.15, -0.1) is 11.8 Å². The van der Waals surface area contributed by atoms with Gasteiger partial charge in [0.25, 0.3) is 0 Å². The molecule has 1 saturated heterocycles. The van der Waals surface area contributed by atoms with Gasteiger partial charge in [0.1, 0.15) is 13.1 Å². The van der Waals surface area contributed by atoms with Crippen LogP contribution in [-0.2, 0) is 14.4 Å². The van der Waals surface area contributed by atoms with Crippen molar-refractivity contribution in [3.05, 3.63) is 29.3 Å². The molecule has 0 atom stereocenters. The molecule has 0 spiro atoms. The molecule has 0 aromatic heterocycles. The molecule has 21 heavy (non-hydrogen) atoms. The zero-order valence-corrected chi connectivity index (χ0v) is 13.0. The molecule has 0 saturated carbocycles. The SMILES string of the molecule is Cc1ccc(SCCC(=O)N2CC(=O)NC(=O)C2)cc1C. The van der Waals surface area contributed by atoms with Crippen LogP contribution in [0.15, 0.2) is 23.1 Å². The Hall–Kier alpha value is -1.82. The van der Waals surface area contributed by atoms with Crippen molar-refractivity contribution < 1.29 is 14.4 Å². The molecule has 1 aliphatic rings. The molecule has 1 aromatic rings. The molecular weight excluding hydrogens is 288 g/mol. The van der Waals surface area contributed by atoms with Gasteiger partial charge in [0, 0.05) is 17.1 Å². The molecule has 2 rings (SSSR count). The molecular formula is C15H18N2O3S. The number of hydrogen-bond donors (Lipinski definition) is 1. The van der Waals surface area contributed by atoms with E-state index in [1.165, 1.54) is 16.0 Å². The van der Waals surface area contributed by atoms with E-state index in [4.69, 9.17) is 0 Å². The number of rotatable bonds is 4. The van der Waals surface area contributed by atoms with E-state index < -0.39 is 11.8 Å². The highest BCUT2D eigenvalue weighted by atomic mass is 32.2. The van der Waals surface area contributed by atoms with Crippen LogP contribution in [0.3, 0.4) is 0 Å². The molecule has 1 heterocycles. The van der Waals surface area contributed by atoms with Crippen molar-refractivity contribution in [3.63, 3.8) is 0 Å². The number of piperazine rings is 1. The third-order valence-electron chi connectivity index (χ3n) is 3.36. The van der Waals surface area contributed by atoms with Crippen LogP contribution in [0, 0.1) is 13.8 Å². The quantitative estimate of drug-likeness (QED) is 0.672. The van der Waals surface area contributed by atoms with E-state index in [0.717, 1.165) is 4.90 Å². The van der Waals surface area contributed by atoms with Gasteiger partial charge in [0.15, 0.2) is 0 Å². The Morgan fingerprint density at radius 2 is 1.86 bits per heavy atom. The van der Waals surface area contributed by atoms with Gasteiger partial charge in [-0.05, 0) is 37.1 Å². The summed E-state index contributed by atoms with van der Waals surface area (Å²) in [7, 11) is 0. The van der Waals surface area contributed by atoms with Gasteiger partial charge in [-0.1, -0.05) is 6.07 Å². The predicted molar refractivity (Wildman–Crippen MR) is 81.0 cm³/mol. The van der Waals surface area contributed by atoms with Crippen LogP contribution < -0.4 is 5.32 Å². The van der Waals surface area contributed by atoms with E-state index in [9.17, 15) is 14.4 Å². The average molecular weight is 306 g/mol. The molecule has 6 heteroatoms. The maximum Gasteiger partial charge on any atom is 0.246 e. The minimum absolute atomic E-state index is 0.0289. The van der Waals surface area contributed by atoms with Gasteiger partial charge in [-0.3, -0.25) is 19.7 Å². The largest absolute Gasteiger partial charge is 0.324 e. The molecule has 5 nitrogen and oxygen atoms in total. The molecule has 112 valence electrons. The van der Waals surface area contributed by atoms with Crippen molar-refractivity contribution in [3.8, 4) is 0 Å². The van der Waals surface area contributed by atoms with Crippen molar-refractivity contribution in [2.75, 3.05) is 18.8 Å². The summed E-state index contributed by atoms with van der Waals surface area (Å²) in [5.41, 5.74) is 2.47. The first kappa shape index (κ1) is 15.6. The normalized spacial score (nSPS) is 15.0. The summed E-state index contributed by atoms with van der Waals surface area (Å²) >= 11 is 1.60. The van der Waals surface area contributed by atoms with Crippen molar-refractivity contribution in [2.24, 2.45) is 0 Å². The average Bonchev–Trinajstić information content (AvgIpc) is 2.41. The number of hydrogen-bond acceptors (Lipinski definition) is 4. The number of amides is 3. The topological polar surface area (TPSA) is 66.5 Å². The smallest absolute Gasteiger partial charge is 0.246 e. The van der Waals surface area contributed by atoms with Crippen LogP contribution in [0.1, 0.15) is 17.5 Å². The van der Waals surface area contributed by atoms with Gasteiger partial charge in [-0.2, -0.15) is 0 Å². The maximum atomic E-state index is 12.0. The number of thioether (sulfide) groups is 1. The number of nitrogens with one attached hydrogen (secondary N) is 1. The first-order chi connectivity index (χ1) is 9.95. The summed E-state index contributed by atoms with van der Waals surface area (Å²) in [6, 6.07) is 6.20. The summed E-state index contributed by atoms with van der Waals surface area (Å²) in [4.78, 5) is 36.9. The lowest BCUT2D eigenvalue weighted by molar-refractivity contribution is -0.145. The molecule has 1 aromatic carbocycles. The van der Waals surface area contributed by atoms with Gasteiger partial charge in [-0.25, -0.2) is 0 Å².